The van der Waals surface area contributed by atoms with Crippen molar-refractivity contribution in [3.8, 4) is 5.75 Å². The Morgan fingerprint density at radius 2 is 1.46 bits per heavy atom. The minimum atomic E-state index is -0.862. The number of nitrogens with one attached hydrogen (secondary N) is 2. The van der Waals surface area contributed by atoms with E-state index in [4.69, 9.17) is 4.74 Å². The Kier molecular flexibility index (Phi) is 11.4. The quantitative estimate of drug-likeness (QED) is 0.340. The summed E-state index contributed by atoms with van der Waals surface area (Å²) < 4.78 is 5.52. The molecule has 0 radical (unpaired) electrons. The van der Waals surface area contributed by atoms with Crippen molar-refractivity contribution in [3.05, 3.63) is 65.7 Å². The van der Waals surface area contributed by atoms with E-state index in [0.29, 0.717) is 63.7 Å². The van der Waals surface area contributed by atoms with E-state index in [9.17, 15) is 29.1 Å². The van der Waals surface area contributed by atoms with Gasteiger partial charge in [-0.15, -0.1) is 0 Å². The molecule has 0 bridgehead atoms. The number of hydrogen-bond donors (Lipinski definition) is 3. The van der Waals surface area contributed by atoms with Crippen LogP contribution < -0.4 is 10.6 Å². The Hall–Kier alpha value is -4.65. The fourth-order valence-electron chi connectivity index (χ4n) is 8.12. The maximum absolute atomic E-state index is 14.0. The molecule has 4 saturated heterocycles. The van der Waals surface area contributed by atoms with Crippen LogP contribution in [0.1, 0.15) is 57.6 Å². The summed E-state index contributed by atoms with van der Waals surface area (Å²) in [4.78, 5) is 74.4. The molecule has 5 atom stereocenters. The third-order valence-electron chi connectivity index (χ3n) is 10.6. The van der Waals surface area contributed by atoms with Crippen LogP contribution in [0.3, 0.4) is 0 Å². The monoisotopic (exact) mass is 716 g/mol. The zero-order valence-electron chi connectivity index (χ0n) is 30.5. The molecular weight excluding hydrogens is 664 g/mol. The highest BCUT2D eigenvalue weighted by molar-refractivity contribution is 5.94. The summed E-state index contributed by atoms with van der Waals surface area (Å²) in [6.07, 6.45) is 1.91. The number of ether oxygens (including phenoxy) is 1. The summed E-state index contributed by atoms with van der Waals surface area (Å²) in [7, 11) is 0. The first-order valence-corrected chi connectivity index (χ1v) is 18.5. The Balaban J connectivity index is 1.04. The second kappa shape index (κ2) is 15.9. The first-order valence-electron chi connectivity index (χ1n) is 18.5. The third kappa shape index (κ3) is 9.04. The lowest BCUT2D eigenvalue weighted by atomic mass is 10.0. The largest absolute Gasteiger partial charge is 0.508 e. The lowest BCUT2D eigenvalue weighted by Gasteiger charge is -2.32. The maximum atomic E-state index is 14.0. The van der Waals surface area contributed by atoms with Crippen LogP contribution in [-0.4, -0.2) is 124 Å². The smallest absolute Gasteiger partial charge is 0.410 e. The normalized spacial score (nSPS) is 23.7. The summed E-state index contributed by atoms with van der Waals surface area (Å²) in [6.45, 7) is 9.69. The fraction of sp³-hybridized carbons (Fsp3) is 0.564. The van der Waals surface area contributed by atoms with Crippen LogP contribution in [0.25, 0.3) is 0 Å². The minimum absolute atomic E-state index is 0.107. The highest BCUT2D eigenvalue weighted by Crippen LogP contribution is 2.33. The van der Waals surface area contributed by atoms with Gasteiger partial charge < -0.3 is 30.3 Å². The molecule has 13 heteroatoms. The van der Waals surface area contributed by atoms with Crippen molar-refractivity contribution >= 4 is 29.7 Å². The second-order valence-corrected chi connectivity index (χ2v) is 15.7. The summed E-state index contributed by atoms with van der Waals surface area (Å²) >= 11 is 0. The van der Waals surface area contributed by atoms with Crippen LogP contribution in [0.5, 0.6) is 5.75 Å². The van der Waals surface area contributed by atoms with Gasteiger partial charge in [0, 0.05) is 52.2 Å². The average molecular weight is 717 g/mol. The maximum Gasteiger partial charge on any atom is 0.410 e. The summed E-state index contributed by atoms with van der Waals surface area (Å²) in [5.41, 5.74) is 1.35. The molecular formula is C39H52N6O7. The topological polar surface area (TPSA) is 152 Å². The molecule has 6 rings (SSSR count). The SMILES string of the molecule is CC(C)(C)OC(=O)N1CCCC1C(=O)N1CCCC1C(=O)NCC(=O)NC(Cc1ccc(O)cc1)C(=O)N1CC2CN(Cc3ccccc3)CC2C1. The Morgan fingerprint density at radius 3 is 2.12 bits per heavy atom. The Morgan fingerprint density at radius 1 is 0.827 bits per heavy atom. The van der Waals surface area contributed by atoms with Gasteiger partial charge in [-0.2, -0.15) is 0 Å². The Bertz CT molecular complexity index is 1600. The Labute approximate surface area is 305 Å². The lowest BCUT2D eigenvalue weighted by molar-refractivity contribution is -0.142. The van der Waals surface area contributed by atoms with E-state index in [1.807, 2.05) is 23.1 Å². The molecule has 2 aromatic rings. The van der Waals surface area contributed by atoms with Crippen LogP contribution in [-0.2, 0) is 36.9 Å². The highest BCUT2D eigenvalue weighted by Gasteiger charge is 2.44. The first-order chi connectivity index (χ1) is 24.8. The number of likely N-dealkylation sites (tertiary alicyclic amines) is 4. The van der Waals surface area contributed by atoms with E-state index in [0.717, 1.165) is 25.2 Å². The van der Waals surface area contributed by atoms with Crippen molar-refractivity contribution in [2.75, 3.05) is 45.8 Å². The van der Waals surface area contributed by atoms with Gasteiger partial charge in [0.15, 0.2) is 0 Å². The van der Waals surface area contributed by atoms with E-state index < -0.39 is 41.6 Å². The predicted octanol–water partition coefficient (Wildman–Crippen LogP) is 2.52. The molecule has 52 heavy (non-hydrogen) atoms. The first kappa shape index (κ1) is 37.1. The van der Waals surface area contributed by atoms with Crippen molar-refractivity contribution in [1.29, 1.82) is 0 Å². The number of benzene rings is 2. The molecule has 280 valence electrons. The van der Waals surface area contributed by atoms with Gasteiger partial charge >= 0.3 is 6.09 Å². The van der Waals surface area contributed by atoms with E-state index in [2.05, 4.69) is 27.7 Å². The minimum Gasteiger partial charge on any atom is -0.508 e. The van der Waals surface area contributed by atoms with Crippen LogP contribution in [0.4, 0.5) is 4.79 Å². The van der Waals surface area contributed by atoms with Gasteiger partial charge in [-0.05, 0) is 81.5 Å². The van der Waals surface area contributed by atoms with Gasteiger partial charge in [0.25, 0.3) is 0 Å². The molecule has 0 saturated carbocycles. The van der Waals surface area contributed by atoms with Crippen LogP contribution in [0, 0.1) is 11.8 Å². The number of hydrogen-bond acceptors (Lipinski definition) is 8. The zero-order valence-corrected chi connectivity index (χ0v) is 30.5. The molecule has 5 amide bonds. The second-order valence-electron chi connectivity index (χ2n) is 15.7. The number of amides is 5. The fourth-order valence-corrected chi connectivity index (χ4v) is 8.12. The van der Waals surface area contributed by atoms with Crippen LogP contribution in [0.2, 0.25) is 0 Å². The van der Waals surface area contributed by atoms with Crippen LogP contribution >= 0.6 is 0 Å². The van der Waals surface area contributed by atoms with Crippen molar-refractivity contribution < 1.29 is 33.8 Å². The van der Waals surface area contributed by atoms with Gasteiger partial charge in [0.1, 0.15) is 29.5 Å². The standard InChI is InChI=1S/C39H52N6O7/c1-39(2,3)52-38(51)45-18-8-12-33(45)37(50)44-17-7-11-32(44)35(48)40-20-34(47)41-31(19-26-13-15-30(46)16-14-26)36(49)43-24-28-22-42(23-29(28)25-43)21-27-9-5-4-6-10-27/h4-6,9-10,13-16,28-29,31-33,46H,7-8,11-12,17-25H2,1-3H3,(H,40,48)(H,41,47). The number of fused-ring (bicyclic) bond motifs is 1. The molecule has 3 N–H and O–H groups in total. The summed E-state index contributed by atoms with van der Waals surface area (Å²) in [5, 5.41) is 15.4. The molecule has 4 aliphatic rings. The van der Waals surface area contributed by atoms with Crippen molar-refractivity contribution in [2.45, 2.75) is 83.1 Å². The number of carbonyl (C=O) groups is 5. The molecule has 2 aromatic carbocycles. The number of nitrogens with zero attached hydrogens (tertiary/aromatic N) is 4. The van der Waals surface area contributed by atoms with Gasteiger partial charge in [-0.3, -0.25) is 29.0 Å². The number of phenolic OH excluding ortho intramolecular Hbond substituents is 1. The van der Waals surface area contributed by atoms with Crippen LogP contribution in [0.15, 0.2) is 54.6 Å². The molecule has 4 fully saturated rings. The predicted molar refractivity (Wildman–Crippen MR) is 193 cm³/mol. The molecule has 4 heterocycles. The number of rotatable bonds is 10. The average Bonchev–Trinajstić information content (AvgIpc) is 3.91. The van der Waals surface area contributed by atoms with Gasteiger partial charge in [0.05, 0.1) is 6.54 Å². The van der Waals surface area contributed by atoms with Gasteiger partial charge in [0.2, 0.25) is 23.6 Å². The molecule has 0 spiro atoms. The van der Waals surface area contributed by atoms with E-state index in [1.54, 1.807) is 45.0 Å². The van der Waals surface area contributed by atoms with Crippen molar-refractivity contribution in [2.24, 2.45) is 11.8 Å². The summed E-state index contributed by atoms with van der Waals surface area (Å²) in [6, 6.07) is 14.6. The third-order valence-corrected chi connectivity index (χ3v) is 10.6. The number of aromatic hydroxyl groups is 1. The van der Waals surface area contributed by atoms with E-state index in [1.165, 1.54) is 15.4 Å². The lowest BCUT2D eigenvalue weighted by Crippen LogP contribution is -2.55. The molecule has 13 nitrogen and oxygen atoms in total. The zero-order chi connectivity index (χ0) is 37.0. The van der Waals surface area contributed by atoms with E-state index >= 15 is 0 Å². The van der Waals surface area contributed by atoms with Crippen molar-refractivity contribution in [3.63, 3.8) is 0 Å². The molecule has 0 aromatic heterocycles. The number of phenols is 1. The van der Waals surface area contributed by atoms with Gasteiger partial charge in [-0.1, -0.05) is 42.5 Å². The molecule has 4 aliphatic heterocycles. The van der Waals surface area contributed by atoms with E-state index in [-0.39, 0.29) is 30.5 Å². The highest BCUT2D eigenvalue weighted by atomic mass is 16.6. The van der Waals surface area contributed by atoms with Crippen molar-refractivity contribution in [1.82, 2.24) is 30.2 Å². The molecule has 0 aliphatic carbocycles. The number of carbonyl (C=O) groups excluding carboxylic acids is 5. The molecule has 5 unspecified atom stereocenters. The summed E-state index contributed by atoms with van der Waals surface area (Å²) in [5.74, 6) is -0.600. The van der Waals surface area contributed by atoms with Gasteiger partial charge in [-0.25, -0.2) is 4.79 Å².